The molecule has 2 heterocycles. The van der Waals surface area contributed by atoms with E-state index in [2.05, 4.69) is 9.97 Å². The number of halogens is 1. The number of esters is 1. The van der Waals surface area contributed by atoms with Gasteiger partial charge in [-0.05, 0) is 12.8 Å². The molecule has 0 aliphatic carbocycles. The van der Waals surface area contributed by atoms with Crippen molar-refractivity contribution >= 4 is 29.2 Å². The fraction of sp³-hybridized carbons (Fsp3) is 0.545. The van der Waals surface area contributed by atoms with E-state index in [0.717, 1.165) is 19.4 Å². The molecule has 2 rings (SSSR count). The van der Waals surface area contributed by atoms with Gasteiger partial charge in [0, 0.05) is 13.1 Å². The van der Waals surface area contributed by atoms with Gasteiger partial charge in [-0.25, -0.2) is 9.97 Å². The van der Waals surface area contributed by atoms with Crippen LogP contribution in [0.5, 0.6) is 0 Å². The maximum Gasteiger partial charge on any atom is 0.310 e. The van der Waals surface area contributed by atoms with Crippen molar-refractivity contribution in [2.75, 3.05) is 30.8 Å². The Balaban J connectivity index is 2.18. The molecule has 0 bridgehead atoms. The maximum absolute atomic E-state index is 11.6. The Morgan fingerprint density at radius 1 is 1.61 bits per heavy atom. The normalized spacial score (nSPS) is 19.7. The minimum Gasteiger partial charge on any atom is -0.469 e. The van der Waals surface area contributed by atoms with E-state index in [1.807, 2.05) is 4.90 Å². The van der Waals surface area contributed by atoms with Crippen molar-refractivity contribution in [2.24, 2.45) is 5.92 Å². The molecule has 1 aromatic heterocycles. The summed E-state index contributed by atoms with van der Waals surface area (Å²) >= 11 is 6.08. The molecule has 0 spiro atoms. The van der Waals surface area contributed by atoms with Gasteiger partial charge in [0.15, 0.2) is 5.82 Å². The molecule has 6 nitrogen and oxygen atoms in total. The van der Waals surface area contributed by atoms with Gasteiger partial charge in [-0.15, -0.1) is 0 Å². The Morgan fingerprint density at radius 2 is 2.39 bits per heavy atom. The third-order valence-electron chi connectivity index (χ3n) is 3.05. The van der Waals surface area contributed by atoms with Crippen LogP contribution in [0.15, 0.2) is 6.33 Å². The van der Waals surface area contributed by atoms with Crippen molar-refractivity contribution in [3.8, 4) is 0 Å². The first kappa shape index (κ1) is 12.9. The summed E-state index contributed by atoms with van der Waals surface area (Å²) in [4.78, 5) is 21.5. The number of carbonyl (C=O) groups excluding carboxylic acids is 1. The smallest absolute Gasteiger partial charge is 0.310 e. The molecule has 1 aliphatic rings. The number of ether oxygens (including phenoxy) is 1. The van der Waals surface area contributed by atoms with E-state index in [9.17, 15) is 4.79 Å². The van der Waals surface area contributed by atoms with Crippen molar-refractivity contribution < 1.29 is 9.53 Å². The standard InChI is InChI=1S/C11H15ClN4O2/c1-18-11(17)7-3-2-4-16(5-7)10-8(12)9(13)14-6-15-10/h6-7H,2-5H2,1H3,(H2,13,14,15). The molecule has 1 saturated heterocycles. The first-order chi connectivity index (χ1) is 8.63. The molecule has 1 fully saturated rings. The van der Waals surface area contributed by atoms with Gasteiger partial charge < -0.3 is 15.4 Å². The highest BCUT2D eigenvalue weighted by Gasteiger charge is 2.28. The second-order valence-corrected chi connectivity index (χ2v) is 4.58. The van der Waals surface area contributed by atoms with Gasteiger partial charge in [0.2, 0.25) is 0 Å². The number of nitrogens with two attached hydrogens (primary N) is 1. The van der Waals surface area contributed by atoms with Crippen LogP contribution in [0.4, 0.5) is 11.6 Å². The molecule has 18 heavy (non-hydrogen) atoms. The van der Waals surface area contributed by atoms with Crippen molar-refractivity contribution in [1.29, 1.82) is 0 Å². The number of carbonyl (C=O) groups is 1. The van der Waals surface area contributed by atoms with Gasteiger partial charge in [-0.1, -0.05) is 11.6 Å². The summed E-state index contributed by atoms with van der Waals surface area (Å²) < 4.78 is 4.77. The van der Waals surface area contributed by atoms with Crippen LogP contribution in [-0.4, -0.2) is 36.1 Å². The van der Waals surface area contributed by atoms with E-state index < -0.39 is 0 Å². The summed E-state index contributed by atoms with van der Waals surface area (Å²) in [5, 5.41) is 0.336. The first-order valence-electron chi connectivity index (χ1n) is 5.72. The van der Waals surface area contributed by atoms with Crippen molar-refractivity contribution in [2.45, 2.75) is 12.8 Å². The lowest BCUT2D eigenvalue weighted by Crippen LogP contribution is -2.39. The van der Waals surface area contributed by atoms with E-state index in [-0.39, 0.29) is 17.7 Å². The average molecular weight is 271 g/mol. The number of nitrogens with zero attached hydrogens (tertiary/aromatic N) is 3. The highest BCUT2D eigenvalue weighted by molar-refractivity contribution is 6.35. The number of hydrogen-bond donors (Lipinski definition) is 1. The van der Waals surface area contributed by atoms with E-state index in [1.165, 1.54) is 13.4 Å². The van der Waals surface area contributed by atoms with E-state index in [4.69, 9.17) is 22.1 Å². The number of nitrogen functional groups attached to an aromatic ring is 1. The van der Waals surface area contributed by atoms with Crippen LogP contribution in [0.25, 0.3) is 0 Å². The van der Waals surface area contributed by atoms with Crippen LogP contribution in [0, 0.1) is 5.92 Å². The fourth-order valence-corrected chi connectivity index (χ4v) is 2.34. The monoisotopic (exact) mass is 270 g/mol. The minimum absolute atomic E-state index is 0.143. The van der Waals surface area contributed by atoms with Crippen molar-refractivity contribution in [3.63, 3.8) is 0 Å². The second-order valence-electron chi connectivity index (χ2n) is 4.20. The van der Waals surface area contributed by atoms with Crippen LogP contribution in [0.2, 0.25) is 5.02 Å². The maximum atomic E-state index is 11.6. The van der Waals surface area contributed by atoms with Crippen LogP contribution >= 0.6 is 11.6 Å². The fourth-order valence-electron chi connectivity index (χ4n) is 2.12. The molecule has 0 saturated carbocycles. The third kappa shape index (κ3) is 2.48. The Labute approximate surface area is 110 Å². The molecule has 1 unspecified atom stereocenters. The largest absolute Gasteiger partial charge is 0.469 e. The summed E-state index contributed by atoms with van der Waals surface area (Å²) in [6.07, 6.45) is 3.08. The molecule has 1 aromatic rings. The lowest BCUT2D eigenvalue weighted by atomic mass is 9.98. The highest BCUT2D eigenvalue weighted by atomic mass is 35.5. The summed E-state index contributed by atoms with van der Waals surface area (Å²) in [6, 6.07) is 0. The number of anilines is 2. The third-order valence-corrected chi connectivity index (χ3v) is 3.42. The molecule has 7 heteroatoms. The van der Waals surface area contributed by atoms with Crippen LogP contribution in [0.3, 0.4) is 0 Å². The van der Waals surface area contributed by atoms with Gasteiger partial charge in [0.1, 0.15) is 17.2 Å². The van der Waals surface area contributed by atoms with Gasteiger partial charge in [0.25, 0.3) is 0 Å². The predicted molar refractivity (Wildman–Crippen MR) is 68.4 cm³/mol. The Kier molecular flexibility index (Phi) is 3.86. The van der Waals surface area contributed by atoms with Crippen LogP contribution in [0.1, 0.15) is 12.8 Å². The Morgan fingerprint density at radius 3 is 3.11 bits per heavy atom. The number of aromatic nitrogens is 2. The number of piperidine rings is 1. The lowest BCUT2D eigenvalue weighted by Gasteiger charge is -2.32. The second kappa shape index (κ2) is 5.39. The number of hydrogen-bond acceptors (Lipinski definition) is 6. The number of rotatable bonds is 2. The van der Waals surface area contributed by atoms with Crippen LogP contribution in [-0.2, 0) is 9.53 Å². The summed E-state index contributed by atoms with van der Waals surface area (Å²) in [5.74, 6) is 0.494. The predicted octanol–water partition coefficient (Wildman–Crippen LogP) is 1.10. The van der Waals surface area contributed by atoms with Crippen molar-refractivity contribution in [1.82, 2.24) is 9.97 Å². The van der Waals surface area contributed by atoms with Crippen LogP contribution < -0.4 is 10.6 Å². The van der Waals surface area contributed by atoms with Gasteiger partial charge in [0.05, 0.1) is 13.0 Å². The minimum atomic E-state index is -0.196. The SMILES string of the molecule is COC(=O)C1CCCN(c2ncnc(N)c2Cl)C1. The van der Waals surface area contributed by atoms with Crippen molar-refractivity contribution in [3.05, 3.63) is 11.3 Å². The molecule has 2 N–H and O–H groups in total. The molecule has 0 radical (unpaired) electrons. The molecule has 0 aromatic carbocycles. The molecular formula is C11H15ClN4O2. The molecule has 98 valence electrons. The zero-order valence-corrected chi connectivity index (χ0v) is 10.9. The molecule has 1 aliphatic heterocycles. The lowest BCUT2D eigenvalue weighted by molar-refractivity contribution is -0.145. The summed E-state index contributed by atoms with van der Waals surface area (Å²) in [6.45, 7) is 1.34. The molecular weight excluding hydrogens is 256 g/mol. The summed E-state index contributed by atoms with van der Waals surface area (Å²) in [7, 11) is 1.40. The summed E-state index contributed by atoms with van der Waals surface area (Å²) in [5.41, 5.74) is 5.65. The average Bonchev–Trinajstić information content (AvgIpc) is 2.41. The molecule has 1 atom stereocenters. The number of methoxy groups -OCH3 is 1. The zero-order chi connectivity index (χ0) is 13.1. The van der Waals surface area contributed by atoms with E-state index >= 15 is 0 Å². The molecule has 0 amide bonds. The highest BCUT2D eigenvalue weighted by Crippen LogP contribution is 2.30. The van der Waals surface area contributed by atoms with E-state index in [1.54, 1.807) is 0 Å². The van der Waals surface area contributed by atoms with Gasteiger partial charge >= 0.3 is 5.97 Å². The Hall–Kier alpha value is -1.56. The quantitative estimate of drug-likeness (QED) is 0.811. The topological polar surface area (TPSA) is 81.3 Å². The first-order valence-corrected chi connectivity index (χ1v) is 6.10. The van der Waals surface area contributed by atoms with Gasteiger partial charge in [-0.2, -0.15) is 0 Å². The van der Waals surface area contributed by atoms with E-state index in [0.29, 0.717) is 17.4 Å². The zero-order valence-electron chi connectivity index (χ0n) is 10.1. The van der Waals surface area contributed by atoms with Gasteiger partial charge in [-0.3, -0.25) is 4.79 Å². The Bertz CT molecular complexity index is 455.